The molecule has 0 radical (unpaired) electrons. The van der Waals surface area contributed by atoms with Crippen LogP contribution in [0.4, 0.5) is 0 Å². The van der Waals surface area contributed by atoms with Crippen LogP contribution in [0.15, 0.2) is 17.4 Å². The number of amides is 1. The Balaban J connectivity index is 2.17. The van der Waals surface area contributed by atoms with Gasteiger partial charge in [-0.05, 0) is 23.9 Å². The fourth-order valence-electron chi connectivity index (χ4n) is 2.51. The van der Waals surface area contributed by atoms with Crippen LogP contribution in [-0.2, 0) is 14.3 Å². The summed E-state index contributed by atoms with van der Waals surface area (Å²) < 4.78 is 5.79. The number of ketones is 1. The van der Waals surface area contributed by atoms with Crippen LogP contribution in [0.5, 0.6) is 0 Å². The molecule has 0 unspecified atom stereocenters. The van der Waals surface area contributed by atoms with E-state index in [2.05, 4.69) is 10.0 Å². The van der Waals surface area contributed by atoms with Gasteiger partial charge in [0, 0.05) is 11.1 Å². The molecule has 1 amide bonds. The Morgan fingerprint density at radius 1 is 1.65 bits per heavy atom. The molecule has 8 nitrogen and oxygen atoms in total. The minimum absolute atomic E-state index is 0.00232. The fraction of sp³-hybridized carbons (Fsp3) is 0.667. The summed E-state index contributed by atoms with van der Waals surface area (Å²) in [6.45, 7) is 1.57. The molecule has 8 heteroatoms. The third-order valence-electron chi connectivity index (χ3n) is 3.84. The highest BCUT2D eigenvalue weighted by molar-refractivity contribution is 6.06. The van der Waals surface area contributed by atoms with Crippen molar-refractivity contribution in [3.63, 3.8) is 0 Å². The van der Waals surface area contributed by atoms with E-state index in [4.69, 9.17) is 10.3 Å². The number of azide groups is 1. The smallest absolute Gasteiger partial charge is 0.236 e. The molecule has 1 N–H and O–H groups in total. The minimum atomic E-state index is -0.980. The van der Waals surface area contributed by atoms with Crippen molar-refractivity contribution >= 4 is 11.7 Å². The van der Waals surface area contributed by atoms with E-state index < -0.39 is 11.8 Å². The molecular weight excluding hydrogens is 264 g/mol. The van der Waals surface area contributed by atoms with Gasteiger partial charge in [-0.25, -0.2) is 0 Å². The van der Waals surface area contributed by atoms with E-state index in [1.165, 1.54) is 17.2 Å². The van der Waals surface area contributed by atoms with Crippen LogP contribution in [-0.4, -0.2) is 46.7 Å². The topological polar surface area (TPSA) is 116 Å². The second kappa shape index (κ2) is 5.62. The lowest BCUT2D eigenvalue weighted by atomic mass is 9.89. The van der Waals surface area contributed by atoms with Crippen LogP contribution in [0.1, 0.15) is 19.8 Å². The summed E-state index contributed by atoms with van der Waals surface area (Å²) >= 11 is 0. The number of allylic oxidation sites excluding steroid dienone is 1. The summed E-state index contributed by atoms with van der Waals surface area (Å²) in [5.74, 6) is -0.645. The molecule has 0 aromatic carbocycles. The zero-order valence-corrected chi connectivity index (χ0v) is 11.1. The van der Waals surface area contributed by atoms with Gasteiger partial charge in [0.05, 0.1) is 19.6 Å². The monoisotopic (exact) mass is 280 g/mol. The number of rotatable bonds is 4. The number of hydrogen-bond acceptors (Lipinski definition) is 5. The van der Waals surface area contributed by atoms with E-state index in [-0.39, 0.29) is 37.2 Å². The van der Waals surface area contributed by atoms with Crippen molar-refractivity contribution in [2.24, 2.45) is 11.0 Å². The Morgan fingerprint density at radius 3 is 3.00 bits per heavy atom. The zero-order valence-electron chi connectivity index (χ0n) is 11.1. The highest BCUT2D eigenvalue weighted by Gasteiger charge is 2.48. The highest BCUT2D eigenvalue weighted by Crippen LogP contribution is 2.38. The molecular formula is C12H16N4O4. The third-order valence-corrected chi connectivity index (χ3v) is 3.84. The summed E-state index contributed by atoms with van der Waals surface area (Å²) in [6.07, 6.45) is 2.52. The fourth-order valence-corrected chi connectivity index (χ4v) is 2.51. The standard InChI is InChI=1S/C12H16N4O4/c1-8-4-11(16-3-2-9(18)5-10(16)19)20-12(8,7-17)6-14-15-13/h2-3,8,11,17H,4-7H2,1H3/t8-,11+,12+/m0/s1. The first-order valence-electron chi connectivity index (χ1n) is 6.34. The zero-order chi connectivity index (χ0) is 14.8. The van der Waals surface area contributed by atoms with E-state index in [1.54, 1.807) is 0 Å². The number of hydrogen-bond donors (Lipinski definition) is 1. The van der Waals surface area contributed by atoms with E-state index in [1.807, 2.05) is 6.92 Å². The van der Waals surface area contributed by atoms with E-state index in [0.717, 1.165) is 0 Å². The molecule has 0 bridgehead atoms. The molecule has 0 aromatic heterocycles. The third kappa shape index (κ3) is 2.53. The minimum Gasteiger partial charge on any atom is -0.393 e. The summed E-state index contributed by atoms with van der Waals surface area (Å²) in [4.78, 5) is 27.0. The first kappa shape index (κ1) is 14.5. The van der Waals surface area contributed by atoms with Gasteiger partial charge in [-0.15, -0.1) is 0 Å². The number of carbonyl (C=O) groups is 2. The molecule has 20 heavy (non-hydrogen) atoms. The Bertz CT molecular complexity index is 500. The van der Waals surface area contributed by atoms with Crippen molar-refractivity contribution in [2.45, 2.75) is 31.6 Å². The first-order valence-corrected chi connectivity index (χ1v) is 6.34. The normalized spacial score (nSPS) is 33.4. The molecule has 0 saturated carbocycles. The van der Waals surface area contributed by atoms with Crippen LogP contribution in [0.2, 0.25) is 0 Å². The van der Waals surface area contributed by atoms with Crippen LogP contribution in [0.3, 0.4) is 0 Å². The van der Waals surface area contributed by atoms with E-state index >= 15 is 0 Å². The second-order valence-electron chi connectivity index (χ2n) is 5.08. The lowest BCUT2D eigenvalue weighted by Gasteiger charge is -2.32. The largest absolute Gasteiger partial charge is 0.393 e. The van der Waals surface area contributed by atoms with Crippen LogP contribution >= 0.6 is 0 Å². The Kier molecular flexibility index (Phi) is 4.08. The second-order valence-corrected chi connectivity index (χ2v) is 5.08. The van der Waals surface area contributed by atoms with Gasteiger partial charge in [-0.3, -0.25) is 14.5 Å². The number of carbonyl (C=O) groups excluding carboxylic acids is 2. The first-order chi connectivity index (χ1) is 9.52. The SMILES string of the molecule is C[C@H]1C[C@H](N2C=CC(=O)CC2=O)O[C@@]1(CO)CN=[N+]=[N-]. The highest BCUT2D eigenvalue weighted by atomic mass is 16.5. The molecule has 108 valence electrons. The summed E-state index contributed by atoms with van der Waals surface area (Å²) in [5, 5.41) is 13.0. The van der Waals surface area contributed by atoms with E-state index in [0.29, 0.717) is 6.42 Å². The van der Waals surface area contributed by atoms with Crippen molar-refractivity contribution in [1.82, 2.24) is 4.90 Å². The van der Waals surface area contributed by atoms with Crippen molar-refractivity contribution in [3.8, 4) is 0 Å². The summed E-state index contributed by atoms with van der Waals surface area (Å²) in [5.41, 5.74) is 7.44. The molecule has 3 atom stereocenters. The number of aliphatic hydroxyl groups is 1. The predicted octanol–water partition coefficient (Wildman–Crippen LogP) is 0.725. The molecule has 2 heterocycles. The van der Waals surface area contributed by atoms with Crippen molar-refractivity contribution in [1.29, 1.82) is 0 Å². The summed E-state index contributed by atoms with van der Waals surface area (Å²) in [7, 11) is 0. The number of ether oxygens (including phenoxy) is 1. The van der Waals surface area contributed by atoms with Gasteiger partial charge in [-0.2, -0.15) is 0 Å². The number of nitrogens with zero attached hydrogens (tertiary/aromatic N) is 4. The van der Waals surface area contributed by atoms with Gasteiger partial charge in [0.2, 0.25) is 5.91 Å². The maximum absolute atomic E-state index is 11.8. The van der Waals surface area contributed by atoms with Gasteiger partial charge in [0.1, 0.15) is 11.8 Å². The average molecular weight is 280 g/mol. The molecule has 0 aromatic rings. The maximum atomic E-state index is 11.8. The van der Waals surface area contributed by atoms with Gasteiger partial charge in [-0.1, -0.05) is 12.0 Å². The molecule has 2 aliphatic rings. The molecule has 2 aliphatic heterocycles. The van der Waals surface area contributed by atoms with E-state index in [9.17, 15) is 14.7 Å². The van der Waals surface area contributed by atoms with Gasteiger partial charge in [0.25, 0.3) is 0 Å². The quantitative estimate of drug-likeness (QED) is 0.353. The Morgan fingerprint density at radius 2 is 2.40 bits per heavy atom. The number of aliphatic hydroxyl groups excluding tert-OH is 1. The maximum Gasteiger partial charge on any atom is 0.236 e. The van der Waals surface area contributed by atoms with Gasteiger partial charge < -0.3 is 9.84 Å². The van der Waals surface area contributed by atoms with Crippen molar-refractivity contribution in [2.75, 3.05) is 13.2 Å². The lowest BCUT2D eigenvalue weighted by molar-refractivity contribution is -0.152. The van der Waals surface area contributed by atoms with Crippen LogP contribution < -0.4 is 0 Å². The molecule has 2 rings (SSSR count). The Hall–Kier alpha value is -1.89. The molecule has 0 aliphatic carbocycles. The van der Waals surface area contributed by atoms with Gasteiger partial charge >= 0.3 is 0 Å². The molecule has 0 spiro atoms. The Labute approximate surface area is 115 Å². The predicted molar refractivity (Wildman–Crippen MR) is 68.1 cm³/mol. The van der Waals surface area contributed by atoms with Crippen LogP contribution in [0, 0.1) is 5.92 Å². The summed E-state index contributed by atoms with van der Waals surface area (Å²) in [6, 6.07) is 0. The molecule has 1 saturated heterocycles. The lowest BCUT2D eigenvalue weighted by Crippen LogP contribution is -2.45. The van der Waals surface area contributed by atoms with Crippen molar-refractivity contribution < 1.29 is 19.4 Å². The van der Waals surface area contributed by atoms with Crippen molar-refractivity contribution in [3.05, 3.63) is 22.7 Å². The van der Waals surface area contributed by atoms with Gasteiger partial charge in [0.15, 0.2) is 5.78 Å². The molecule has 1 fully saturated rings. The van der Waals surface area contributed by atoms with Crippen LogP contribution in [0.25, 0.3) is 10.4 Å². The average Bonchev–Trinajstić information content (AvgIpc) is 2.74.